The molecule has 90 valence electrons. The maximum Gasteiger partial charge on any atom is 0.378 e. The van der Waals surface area contributed by atoms with Gasteiger partial charge in [-0.1, -0.05) is 0 Å². The fourth-order valence-corrected chi connectivity index (χ4v) is 1.25. The monoisotopic (exact) mass is 236 g/mol. The first-order valence-corrected chi connectivity index (χ1v) is 4.57. The Labute approximate surface area is 89.7 Å². The molecule has 0 aliphatic rings. The number of carboxylic acid groups (broad SMARTS) is 1. The number of alkyl halides is 3. The largest absolute Gasteiger partial charge is 0.477 e. The fraction of sp³-hybridized carbons (Fsp3) is 0.556. The van der Waals surface area contributed by atoms with Gasteiger partial charge in [-0.25, -0.2) is 9.18 Å². The van der Waals surface area contributed by atoms with E-state index in [0.29, 0.717) is 0 Å². The topological polar surface area (TPSA) is 55.1 Å². The van der Waals surface area contributed by atoms with Crippen molar-refractivity contribution in [3.05, 3.63) is 18.0 Å². The Kier molecular flexibility index (Phi) is 3.25. The van der Waals surface area contributed by atoms with E-state index in [1.165, 1.54) is 0 Å². The van der Waals surface area contributed by atoms with Crippen molar-refractivity contribution < 1.29 is 23.1 Å². The number of aliphatic carboxylic acids is 1. The highest BCUT2D eigenvalue weighted by Gasteiger charge is 2.50. The zero-order chi connectivity index (χ0) is 12.5. The van der Waals surface area contributed by atoms with Crippen LogP contribution in [0.1, 0.15) is 31.8 Å². The Bertz CT molecular complexity index is 390. The molecule has 16 heavy (non-hydrogen) atoms. The van der Waals surface area contributed by atoms with Crippen LogP contribution in [0.4, 0.5) is 13.2 Å². The molecule has 0 aromatic carbocycles. The minimum absolute atomic E-state index is 0.326. The van der Waals surface area contributed by atoms with Crippen molar-refractivity contribution in [3.8, 4) is 0 Å². The van der Waals surface area contributed by atoms with Crippen LogP contribution in [0, 0.1) is 0 Å². The van der Waals surface area contributed by atoms with Crippen LogP contribution in [-0.4, -0.2) is 26.8 Å². The number of nitrogens with zero attached hydrogens (tertiary/aromatic N) is 2. The van der Waals surface area contributed by atoms with Gasteiger partial charge in [-0.15, -0.1) is 0 Å². The number of carbonyl (C=O) groups is 1. The molecule has 1 atom stereocenters. The Morgan fingerprint density at radius 2 is 2.12 bits per heavy atom. The molecular formula is C9H11F3N2O2. The van der Waals surface area contributed by atoms with E-state index < -0.39 is 23.8 Å². The first-order chi connectivity index (χ1) is 7.28. The summed E-state index contributed by atoms with van der Waals surface area (Å²) in [7, 11) is 0. The standard InChI is InChI=1S/C9H11F3N2O2/c1-5(2)14-6(3-4-13-14)7(10)9(11,12)8(15)16/h3-5,7H,1-2H3,(H,15,16). The number of rotatable bonds is 4. The molecule has 7 heteroatoms. The van der Waals surface area contributed by atoms with E-state index >= 15 is 0 Å². The van der Waals surface area contributed by atoms with Crippen LogP contribution in [0.3, 0.4) is 0 Å². The second kappa shape index (κ2) is 4.15. The molecule has 1 aromatic heterocycles. The first kappa shape index (κ1) is 12.5. The maximum atomic E-state index is 13.4. The highest BCUT2D eigenvalue weighted by molar-refractivity contribution is 5.76. The SMILES string of the molecule is CC(C)n1nccc1C(F)C(F)(F)C(=O)O. The van der Waals surface area contributed by atoms with Gasteiger partial charge in [-0.05, 0) is 19.9 Å². The van der Waals surface area contributed by atoms with Crippen molar-refractivity contribution in [3.63, 3.8) is 0 Å². The summed E-state index contributed by atoms with van der Waals surface area (Å²) in [5.74, 6) is -6.94. The van der Waals surface area contributed by atoms with E-state index in [4.69, 9.17) is 5.11 Å². The zero-order valence-electron chi connectivity index (χ0n) is 8.69. The second-order valence-corrected chi connectivity index (χ2v) is 3.59. The van der Waals surface area contributed by atoms with Gasteiger partial charge in [0.1, 0.15) is 0 Å². The molecular weight excluding hydrogens is 225 g/mol. The maximum absolute atomic E-state index is 13.4. The molecule has 4 nitrogen and oxygen atoms in total. The third kappa shape index (κ3) is 2.02. The summed E-state index contributed by atoms with van der Waals surface area (Å²) >= 11 is 0. The van der Waals surface area contributed by atoms with Gasteiger partial charge in [0.05, 0.1) is 5.69 Å². The molecule has 0 saturated heterocycles. The number of aromatic nitrogens is 2. The van der Waals surface area contributed by atoms with Gasteiger partial charge in [-0.3, -0.25) is 4.68 Å². The lowest BCUT2D eigenvalue weighted by Gasteiger charge is -2.19. The van der Waals surface area contributed by atoms with Crippen LogP contribution in [-0.2, 0) is 4.79 Å². The lowest BCUT2D eigenvalue weighted by molar-refractivity contribution is -0.176. The molecule has 1 unspecified atom stereocenters. The molecule has 0 spiro atoms. The quantitative estimate of drug-likeness (QED) is 0.871. The van der Waals surface area contributed by atoms with Crippen molar-refractivity contribution in [1.29, 1.82) is 0 Å². The molecule has 1 rings (SSSR count). The second-order valence-electron chi connectivity index (χ2n) is 3.59. The van der Waals surface area contributed by atoms with Crippen LogP contribution < -0.4 is 0 Å². The molecule has 0 bridgehead atoms. The predicted molar refractivity (Wildman–Crippen MR) is 49.0 cm³/mol. The predicted octanol–water partition coefficient (Wildman–Crippen LogP) is 2.19. The van der Waals surface area contributed by atoms with Crippen LogP contribution >= 0.6 is 0 Å². The Morgan fingerprint density at radius 1 is 1.56 bits per heavy atom. The van der Waals surface area contributed by atoms with Gasteiger partial charge < -0.3 is 5.11 Å². The smallest absolute Gasteiger partial charge is 0.378 e. The van der Waals surface area contributed by atoms with Gasteiger partial charge in [0.15, 0.2) is 0 Å². The van der Waals surface area contributed by atoms with E-state index in [9.17, 15) is 18.0 Å². The van der Waals surface area contributed by atoms with E-state index in [1.54, 1.807) is 13.8 Å². The minimum atomic E-state index is -4.45. The summed E-state index contributed by atoms with van der Waals surface area (Å²) in [6.45, 7) is 3.25. The van der Waals surface area contributed by atoms with E-state index in [-0.39, 0.29) is 6.04 Å². The summed E-state index contributed by atoms with van der Waals surface area (Å²) in [6.07, 6.45) is -1.75. The van der Waals surface area contributed by atoms with E-state index in [1.807, 2.05) is 0 Å². The molecule has 0 saturated carbocycles. The van der Waals surface area contributed by atoms with Crippen molar-refractivity contribution >= 4 is 5.97 Å². The molecule has 0 fully saturated rings. The molecule has 0 radical (unpaired) electrons. The number of hydrogen-bond donors (Lipinski definition) is 1. The van der Waals surface area contributed by atoms with E-state index in [2.05, 4.69) is 5.10 Å². The van der Waals surface area contributed by atoms with Crippen LogP contribution in [0.2, 0.25) is 0 Å². The normalized spacial score (nSPS) is 14.1. The van der Waals surface area contributed by atoms with Crippen molar-refractivity contribution in [2.24, 2.45) is 0 Å². The zero-order valence-corrected chi connectivity index (χ0v) is 8.69. The van der Waals surface area contributed by atoms with Crippen LogP contribution in [0.25, 0.3) is 0 Å². The molecule has 1 aromatic rings. The molecule has 0 aliphatic heterocycles. The molecule has 0 amide bonds. The Balaban J connectivity index is 3.10. The Morgan fingerprint density at radius 3 is 2.56 bits per heavy atom. The third-order valence-corrected chi connectivity index (χ3v) is 2.05. The lowest BCUT2D eigenvalue weighted by atomic mass is 10.1. The van der Waals surface area contributed by atoms with Crippen LogP contribution in [0.5, 0.6) is 0 Å². The van der Waals surface area contributed by atoms with Gasteiger partial charge in [0.2, 0.25) is 6.17 Å². The van der Waals surface area contributed by atoms with Crippen molar-refractivity contribution in [2.45, 2.75) is 32.0 Å². The van der Waals surface area contributed by atoms with Crippen LogP contribution in [0.15, 0.2) is 12.3 Å². The number of hydrogen-bond acceptors (Lipinski definition) is 2. The number of carboxylic acids is 1. The minimum Gasteiger partial charge on any atom is -0.477 e. The summed E-state index contributed by atoms with van der Waals surface area (Å²) in [4.78, 5) is 10.2. The summed E-state index contributed by atoms with van der Waals surface area (Å²) < 4.78 is 40.3. The van der Waals surface area contributed by atoms with Gasteiger partial charge >= 0.3 is 11.9 Å². The average Bonchev–Trinajstić information content (AvgIpc) is 2.64. The molecule has 0 aliphatic carbocycles. The van der Waals surface area contributed by atoms with Gasteiger partial charge in [0, 0.05) is 12.2 Å². The third-order valence-electron chi connectivity index (χ3n) is 2.05. The highest BCUT2D eigenvalue weighted by Crippen LogP contribution is 2.35. The summed E-state index contributed by atoms with van der Waals surface area (Å²) in [5, 5.41) is 11.9. The highest BCUT2D eigenvalue weighted by atomic mass is 19.3. The van der Waals surface area contributed by atoms with Gasteiger partial charge in [0.25, 0.3) is 0 Å². The first-order valence-electron chi connectivity index (χ1n) is 4.57. The fourth-order valence-electron chi connectivity index (χ4n) is 1.25. The Hall–Kier alpha value is -1.53. The lowest BCUT2D eigenvalue weighted by Crippen LogP contribution is -2.34. The number of halogens is 3. The summed E-state index contributed by atoms with van der Waals surface area (Å²) in [6, 6.07) is 0.717. The summed E-state index contributed by atoms with van der Waals surface area (Å²) in [5.41, 5.74) is -0.442. The van der Waals surface area contributed by atoms with E-state index in [0.717, 1.165) is 16.9 Å². The molecule has 1 N–H and O–H groups in total. The van der Waals surface area contributed by atoms with Crippen molar-refractivity contribution in [2.75, 3.05) is 0 Å². The molecule has 1 heterocycles. The van der Waals surface area contributed by atoms with Crippen molar-refractivity contribution in [1.82, 2.24) is 9.78 Å². The average molecular weight is 236 g/mol. The van der Waals surface area contributed by atoms with Gasteiger partial charge in [-0.2, -0.15) is 13.9 Å².